The molecular weight excluding hydrogens is 317 g/mol. The lowest BCUT2D eigenvalue weighted by Crippen LogP contribution is -2.14. The third kappa shape index (κ3) is 3.91. The third-order valence-electron chi connectivity index (χ3n) is 4.50. The number of nitrogens with zero attached hydrogens (tertiary/aromatic N) is 1. The van der Waals surface area contributed by atoms with Crippen LogP contribution in [-0.2, 0) is 6.61 Å². The van der Waals surface area contributed by atoms with Gasteiger partial charge in [0.25, 0.3) is 0 Å². The molecular formula is C21H28FNO2. The maximum absolute atomic E-state index is 13.4. The van der Waals surface area contributed by atoms with Crippen LogP contribution < -0.4 is 0 Å². The van der Waals surface area contributed by atoms with Crippen LogP contribution in [0, 0.1) is 5.82 Å². The van der Waals surface area contributed by atoms with Crippen molar-refractivity contribution in [1.29, 1.82) is 0 Å². The predicted octanol–water partition coefficient (Wildman–Crippen LogP) is 5.07. The van der Waals surface area contributed by atoms with Gasteiger partial charge in [-0.15, -0.1) is 0 Å². The van der Waals surface area contributed by atoms with Crippen LogP contribution in [0.2, 0.25) is 0 Å². The van der Waals surface area contributed by atoms with E-state index in [0.29, 0.717) is 12.0 Å². The minimum atomic E-state index is -0.684. The fourth-order valence-corrected chi connectivity index (χ4v) is 3.24. The van der Waals surface area contributed by atoms with Crippen molar-refractivity contribution in [3.05, 3.63) is 52.6 Å². The average molecular weight is 345 g/mol. The molecule has 0 fully saturated rings. The number of benzene rings is 1. The van der Waals surface area contributed by atoms with Crippen molar-refractivity contribution < 1.29 is 14.6 Å². The number of aromatic nitrogens is 1. The van der Waals surface area contributed by atoms with Crippen LogP contribution in [0.15, 0.2) is 24.3 Å². The molecule has 0 saturated carbocycles. The fraction of sp³-hybridized carbons (Fsp3) is 0.476. The number of aliphatic hydroxyl groups is 2. The second kappa shape index (κ2) is 8.07. The molecule has 25 heavy (non-hydrogen) atoms. The van der Waals surface area contributed by atoms with E-state index in [0.717, 1.165) is 28.1 Å². The topological polar surface area (TPSA) is 53.4 Å². The SMILES string of the molecule is CCC(O)c1c(C(C)C)nc(C(C)C)c(CO)c1-c1ccc(F)cc1. The molecule has 4 heteroatoms. The molecule has 2 rings (SSSR count). The molecule has 0 spiro atoms. The van der Waals surface area contributed by atoms with Gasteiger partial charge in [-0.1, -0.05) is 46.8 Å². The lowest BCUT2D eigenvalue weighted by molar-refractivity contribution is 0.172. The molecule has 0 bridgehead atoms. The highest BCUT2D eigenvalue weighted by atomic mass is 19.1. The van der Waals surface area contributed by atoms with Crippen LogP contribution in [-0.4, -0.2) is 15.2 Å². The highest BCUT2D eigenvalue weighted by Crippen LogP contribution is 2.40. The Balaban J connectivity index is 2.94. The summed E-state index contributed by atoms with van der Waals surface area (Å²) in [5.74, 6) is -0.0542. The average Bonchev–Trinajstić information content (AvgIpc) is 2.59. The van der Waals surface area contributed by atoms with Crippen molar-refractivity contribution in [2.24, 2.45) is 0 Å². The van der Waals surface area contributed by atoms with Gasteiger partial charge in [0.2, 0.25) is 0 Å². The quantitative estimate of drug-likeness (QED) is 0.768. The largest absolute Gasteiger partial charge is 0.392 e. The van der Waals surface area contributed by atoms with Crippen molar-refractivity contribution in [2.45, 2.75) is 65.6 Å². The van der Waals surface area contributed by atoms with Crippen molar-refractivity contribution in [3.8, 4) is 11.1 Å². The van der Waals surface area contributed by atoms with Crippen LogP contribution in [0.5, 0.6) is 0 Å². The van der Waals surface area contributed by atoms with Gasteiger partial charge >= 0.3 is 0 Å². The first-order valence-corrected chi connectivity index (χ1v) is 8.93. The summed E-state index contributed by atoms with van der Waals surface area (Å²) in [5, 5.41) is 20.8. The van der Waals surface area contributed by atoms with Crippen molar-refractivity contribution in [3.63, 3.8) is 0 Å². The minimum Gasteiger partial charge on any atom is -0.392 e. The van der Waals surface area contributed by atoms with Crippen LogP contribution in [0.3, 0.4) is 0 Å². The van der Waals surface area contributed by atoms with Gasteiger partial charge in [0, 0.05) is 22.5 Å². The second-order valence-electron chi connectivity index (χ2n) is 7.05. The molecule has 1 unspecified atom stereocenters. The zero-order valence-corrected chi connectivity index (χ0v) is 15.7. The first-order valence-electron chi connectivity index (χ1n) is 8.93. The summed E-state index contributed by atoms with van der Waals surface area (Å²) in [6, 6.07) is 6.21. The Labute approximate surface area is 149 Å². The van der Waals surface area contributed by atoms with Gasteiger partial charge in [0.05, 0.1) is 12.7 Å². The van der Waals surface area contributed by atoms with E-state index in [2.05, 4.69) is 0 Å². The number of rotatable bonds is 6. The molecule has 0 amide bonds. The molecule has 0 radical (unpaired) electrons. The molecule has 0 aliphatic rings. The maximum atomic E-state index is 13.4. The van der Waals surface area contributed by atoms with Gasteiger partial charge in [0.1, 0.15) is 5.82 Å². The highest BCUT2D eigenvalue weighted by molar-refractivity contribution is 5.73. The van der Waals surface area contributed by atoms with E-state index in [1.807, 2.05) is 34.6 Å². The molecule has 0 aliphatic carbocycles. The molecule has 2 N–H and O–H groups in total. The molecule has 1 aromatic carbocycles. The van der Waals surface area contributed by atoms with E-state index in [9.17, 15) is 14.6 Å². The number of aliphatic hydroxyl groups excluding tert-OH is 2. The van der Waals surface area contributed by atoms with E-state index in [-0.39, 0.29) is 24.3 Å². The Morgan fingerprint density at radius 1 is 1.00 bits per heavy atom. The fourth-order valence-electron chi connectivity index (χ4n) is 3.24. The molecule has 1 aromatic heterocycles. The Kier molecular flexibility index (Phi) is 6.31. The second-order valence-corrected chi connectivity index (χ2v) is 7.05. The molecule has 1 atom stereocenters. The molecule has 0 saturated heterocycles. The van der Waals surface area contributed by atoms with E-state index >= 15 is 0 Å². The van der Waals surface area contributed by atoms with Crippen LogP contribution in [0.1, 0.15) is 81.5 Å². The van der Waals surface area contributed by atoms with Gasteiger partial charge in [-0.2, -0.15) is 0 Å². The summed E-state index contributed by atoms with van der Waals surface area (Å²) in [6.07, 6.45) is -0.141. The molecule has 136 valence electrons. The Morgan fingerprint density at radius 2 is 1.56 bits per heavy atom. The van der Waals surface area contributed by atoms with E-state index in [1.165, 1.54) is 12.1 Å². The molecule has 3 nitrogen and oxygen atoms in total. The summed E-state index contributed by atoms with van der Waals surface area (Å²) in [6.45, 7) is 9.91. The van der Waals surface area contributed by atoms with Crippen LogP contribution >= 0.6 is 0 Å². The molecule has 1 heterocycles. The van der Waals surface area contributed by atoms with Crippen molar-refractivity contribution in [1.82, 2.24) is 4.98 Å². The van der Waals surface area contributed by atoms with Gasteiger partial charge in [-0.05, 0) is 41.5 Å². The summed E-state index contributed by atoms with van der Waals surface area (Å²) >= 11 is 0. The zero-order chi connectivity index (χ0) is 18.7. The summed E-state index contributed by atoms with van der Waals surface area (Å²) < 4.78 is 13.4. The Morgan fingerprint density at radius 3 is 2.00 bits per heavy atom. The zero-order valence-electron chi connectivity index (χ0n) is 15.7. The predicted molar refractivity (Wildman–Crippen MR) is 99.0 cm³/mol. The Hall–Kier alpha value is -1.78. The first-order chi connectivity index (χ1) is 11.8. The third-order valence-corrected chi connectivity index (χ3v) is 4.50. The lowest BCUT2D eigenvalue weighted by Gasteiger charge is -2.26. The van der Waals surface area contributed by atoms with E-state index < -0.39 is 6.10 Å². The van der Waals surface area contributed by atoms with Crippen molar-refractivity contribution >= 4 is 0 Å². The normalized spacial score (nSPS) is 12.9. The standard InChI is InChI=1S/C21H28FNO2/c1-6-17(25)19-18(14-7-9-15(22)10-8-14)16(11-24)20(12(2)3)23-21(19)13(4)5/h7-10,12-13,17,24-25H,6,11H2,1-5H3. The number of hydrogen-bond acceptors (Lipinski definition) is 3. The Bertz CT molecular complexity index is 724. The first kappa shape index (κ1) is 19.5. The minimum absolute atomic E-state index is 0.126. The van der Waals surface area contributed by atoms with Crippen molar-refractivity contribution in [2.75, 3.05) is 0 Å². The van der Waals surface area contributed by atoms with Gasteiger partial charge in [0.15, 0.2) is 0 Å². The highest BCUT2D eigenvalue weighted by Gasteiger charge is 2.26. The van der Waals surface area contributed by atoms with E-state index in [1.54, 1.807) is 12.1 Å². The smallest absolute Gasteiger partial charge is 0.123 e. The number of halogens is 1. The summed E-state index contributed by atoms with van der Waals surface area (Å²) in [4.78, 5) is 4.82. The number of pyridine rings is 1. The summed E-state index contributed by atoms with van der Waals surface area (Å²) in [5.41, 5.74) is 4.72. The lowest BCUT2D eigenvalue weighted by atomic mass is 9.84. The van der Waals surface area contributed by atoms with Crippen LogP contribution in [0.4, 0.5) is 4.39 Å². The van der Waals surface area contributed by atoms with Crippen LogP contribution in [0.25, 0.3) is 11.1 Å². The van der Waals surface area contributed by atoms with Gasteiger partial charge < -0.3 is 10.2 Å². The molecule has 2 aromatic rings. The van der Waals surface area contributed by atoms with Gasteiger partial charge in [-0.25, -0.2) is 4.39 Å². The maximum Gasteiger partial charge on any atom is 0.123 e. The van der Waals surface area contributed by atoms with Gasteiger partial charge in [-0.3, -0.25) is 4.98 Å². The van der Waals surface area contributed by atoms with E-state index in [4.69, 9.17) is 4.98 Å². The monoisotopic (exact) mass is 345 g/mol. The number of hydrogen-bond donors (Lipinski definition) is 2. The summed E-state index contributed by atoms with van der Waals surface area (Å²) in [7, 11) is 0. The molecule has 0 aliphatic heterocycles.